The third-order valence-corrected chi connectivity index (χ3v) is 7.32. The Bertz CT molecular complexity index is 1140. The van der Waals surface area contributed by atoms with Crippen LogP contribution in [0.2, 0.25) is 0 Å². The Labute approximate surface area is 245 Å². The number of nitrogens with zero attached hydrogens (tertiary/aromatic N) is 5. The van der Waals surface area contributed by atoms with Gasteiger partial charge in [0.15, 0.2) is 5.69 Å². The van der Waals surface area contributed by atoms with Crippen molar-refractivity contribution in [1.82, 2.24) is 24.8 Å². The predicted molar refractivity (Wildman–Crippen MR) is 158 cm³/mol. The number of hydrogen-bond donors (Lipinski definition) is 1. The van der Waals surface area contributed by atoms with Gasteiger partial charge in [0.25, 0.3) is 5.91 Å². The van der Waals surface area contributed by atoms with Crippen molar-refractivity contribution < 1.29 is 24.2 Å². The van der Waals surface area contributed by atoms with Crippen LogP contribution < -0.4 is 0 Å². The summed E-state index contributed by atoms with van der Waals surface area (Å²) in [6.45, 7) is 14.9. The van der Waals surface area contributed by atoms with Crippen molar-refractivity contribution in [2.75, 3.05) is 33.4 Å². The molecular weight excluding hydrogens is 522 g/mol. The van der Waals surface area contributed by atoms with Crippen LogP contribution in [0.25, 0.3) is 5.69 Å². The second-order valence-electron chi connectivity index (χ2n) is 13.1. The third kappa shape index (κ3) is 9.00. The van der Waals surface area contributed by atoms with E-state index in [1.807, 2.05) is 56.0 Å². The molecule has 41 heavy (non-hydrogen) atoms. The van der Waals surface area contributed by atoms with Gasteiger partial charge in [-0.05, 0) is 78.4 Å². The van der Waals surface area contributed by atoms with Crippen molar-refractivity contribution in [2.45, 2.75) is 91.4 Å². The summed E-state index contributed by atoms with van der Waals surface area (Å²) < 4.78 is 12.7. The zero-order valence-corrected chi connectivity index (χ0v) is 26.1. The first-order valence-corrected chi connectivity index (χ1v) is 14.7. The zero-order valence-electron chi connectivity index (χ0n) is 26.1. The molecule has 1 aromatic heterocycles. The highest BCUT2D eigenvalue weighted by Crippen LogP contribution is 2.32. The first-order valence-electron chi connectivity index (χ1n) is 14.7. The number of piperidine rings is 1. The molecule has 10 heteroatoms. The highest BCUT2D eigenvalue weighted by molar-refractivity contribution is 5.93. The Balaban J connectivity index is 2.00. The summed E-state index contributed by atoms with van der Waals surface area (Å²) in [5, 5.41) is 19.8. The molecule has 1 fully saturated rings. The summed E-state index contributed by atoms with van der Waals surface area (Å²) in [5.41, 5.74) is 0.210. The average molecular weight is 572 g/mol. The van der Waals surface area contributed by atoms with E-state index in [0.29, 0.717) is 44.8 Å². The van der Waals surface area contributed by atoms with Crippen molar-refractivity contribution in [3.63, 3.8) is 0 Å². The van der Waals surface area contributed by atoms with Crippen LogP contribution in [0, 0.1) is 11.8 Å². The second-order valence-corrected chi connectivity index (χ2v) is 13.1. The fraction of sp³-hybridized carbons (Fsp3) is 0.677. The van der Waals surface area contributed by atoms with Gasteiger partial charge in [0, 0.05) is 39.3 Å². The minimum Gasteiger partial charge on any atom is -0.444 e. The Hall–Kier alpha value is -2.98. The normalized spacial score (nSPS) is 18.0. The summed E-state index contributed by atoms with van der Waals surface area (Å²) in [6.07, 6.45) is 2.39. The molecular formula is C31H49N5O5. The van der Waals surface area contributed by atoms with Gasteiger partial charge in [-0.3, -0.25) is 4.79 Å². The number of methoxy groups -OCH3 is 1. The molecule has 1 saturated heterocycles. The molecule has 2 amide bonds. The molecule has 1 aliphatic heterocycles. The number of unbranched alkanes of at least 4 members (excludes halogenated alkanes) is 1. The first-order chi connectivity index (χ1) is 19.2. The van der Waals surface area contributed by atoms with Gasteiger partial charge in [0.2, 0.25) is 0 Å². The maximum atomic E-state index is 14.4. The van der Waals surface area contributed by atoms with E-state index in [-0.39, 0.29) is 23.8 Å². The molecule has 0 saturated carbocycles. The summed E-state index contributed by atoms with van der Waals surface area (Å²) in [6, 6.07) is 9.37. The number of likely N-dealkylation sites (tertiary alicyclic amines) is 1. The summed E-state index contributed by atoms with van der Waals surface area (Å²) in [5.74, 6) is -0.288. The quantitative estimate of drug-likeness (QED) is 0.388. The van der Waals surface area contributed by atoms with Gasteiger partial charge in [0.1, 0.15) is 5.60 Å². The third-order valence-electron chi connectivity index (χ3n) is 7.32. The van der Waals surface area contributed by atoms with Crippen LogP contribution >= 0.6 is 0 Å². The molecule has 1 aliphatic rings. The number of benzene rings is 1. The van der Waals surface area contributed by atoms with E-state index >= 15 is 0 Å². The van der Waals surface area contributed by atoms with Crippen LogP contribution in [0.15, 0.2) is 30.3 Å². The fourth-order valence-corrected chi connectivity index (χ4v) is 5.22. The number of carbonyl (C=O) groups excluding carboxylic acids is 2. The van der Waals surface area contributed by atoms with E-state index in [4.69, 9.17) is 9.47 Å². The Morgan fingerprint density at radius 3 is 2.37 bits per heavy atom. The van der Waals surface area contributed by atoms with Crippen LogP contribution in [0.4, 0.5) is 4.79 Å². The van der Waals surface area contributed by atoms with E-state index in [9.17, 15) is 14.7 Å². The van der Waals surface area contributed by atoms with Crippen molar-refractivity contribution in [3.8, 4) is 5.69 Å². The number of amides is 2. The largest absolute Gasteiger partial charge is 0.444 e. The molecule has 10 nitrogen and oxygen atoms in total. The van der Waals surface area contributed by atoms with Crippen molar-refractivity contribution in [1.29, 1.82) is 0 Å². The van der Waals surface area contributed by atoms with Crippen molar-refractivity contribution in [2.24, 2.45) is 11.8 Å². The standard InChI is InChI=1S/C31H49N5O5/c1-22(2)19-35(25-18-23(31(6,7)39)20-34(21-25)29(38)41-30(3,4)5)28(37)27-26(16-12-13-17-40-8)36(33-32-27)24-14-10-9-11-15-24/h9-11,14-15,22-23,25,39H,12-13,16-21H2,1-8H3/t23-,25+/m1/s1. The summed E-state index contributed by atoms with van der Waals surface area (Å²) in [4.78, 5) is 31.0. The number of carbonyl (C=O) groups is 2. The molecule has 228 valence electrons. The van der Waals surface area contributed by atoms with E-state index in [2.05, 4.69) is 24.2 Å². The minimum absolute atomic E-state index is 0.172. The van der Waals surface area contributed by atoms with Crippen LogP contribution in [-0.4, -0.2) is 92.5 Å². The van der Waals surface area contributed by atoms with E-state index in [1.54, 1.807) is 30.5 Å². The zero-order chi connectivity index (χ0) is 30.4. The van der Waals surface area contributed by atoms with Gasteiger partial charge in [-0.1, -0.05) is 37.3 Å². The van der Waals surface area contributed by atoms with Crippen LogP contribution in [0.3, 0.4) is 0 Å². The Kier molecular flexibility index (Phi) is 10.9. The van der Waals surface area contributed by atoms with Gasteiger partial charge in [-0.25, -0.2) is 9.48 Å². The predicted octanol–water partition coefficient (Wildman–Crippen LogP) is 4.73. The number of aliphatic hydroxyl groups is 1. The summed E-state index contributed by atoms with van der Waals surface area (Å²) in [7, 11) is 1.68. The topological polar surface area (TPSA) is 110 Å². The molecule has 2 aromatic rings. The maximum absolute atomic E-state index is 14.4. The maximum Gasteiger partial charge on any atom is 0.410 e. The number of aromatic nitrogens is 3. The van der Waals surface area contributed by atoms with Gasteiger partial charge in [-0.2, -0.15) is 0 Å². The average Bonchev–Trinajstić information content (AvgIpc) is 3.32. The SMILES string of the molecule is COCCCCc1c(C(=O)N(CC(C)C)[C@H]2C[C@@H](C(C)(C)O)CN(C(=O)OC(C)(C)C)C2)nnn1-c1ccccc1. The van der Waals surface area contributed by atoms with Gasteiger partial charge < -0.3 is 24.4 Å². The smallest absolute Gasteiger partial charge is 0.410 e. The van der Waals surface area contributed by atoms with E-state index in [0.717, 1.165) is 24.2 Å². The van der Waals surface area contributed by atoms with Crippen molar-refractivity contribution in [3.05, 3.63) is 41.7 Å². The lowest BCUT2D eigenvalue weighted by molar-refractivity contribution is -0.0480. The lowest BCUT2D eigenvalue weighted by Crippen LogP contribution is -2.58. The highest BCUT2D eigenvalue weighted by atomic mass is 16.6. The molecule has 1 aromatic carbocycles. The van der Waals surface area contributed by atoms with Crippen LogP contribution in [0.1, 0.15) is 83.9 Å². The monoisotopic (exact) mass is 571 g/mol. The molecule has 1 N–H and O–H groups in total. The molecule has 0 aliphatic carbocycles. The molecule has 0 radical (unpaired) electrons. The van der Waals surface area contributed by atoms with Crippen LogP contribution in [0.5, 0.6) is 0 Å². The number of para-hydroxylation sites is 1. The highest BCUT2D eigenvalue weighted by Gasteiger charge is 2.42. The van der Waals surface area contributed by atoms with Crippen LogP contribution in [-0.2, 0) is 15.9 Å². The van der Waals surface area contributed by atoms with Gasteiger partial charge >= 0.3 is 6.09 Å². The number of hydrogen-bond acceptors (Lipinski definition) is 7. The molecule has 0 unspecified atom stereocenters. The van der Waals surface area contributed by atoms with Gasteiger partial charge in [0.05, 0.1) is 23.0 Å². The van der Waals surface area contributed by atoms with E-state index in [1.165, 1.54) is 0 Å². The number of rotatable bonds is 11. The Morgan fingerprint density at radius 1 is 1.10 bits per heavy atom. The number of ether oxygens (including phenoxy) is 2. The molecule has 2 heterocycles. The van der Waals surface area contributed by atoms with Crippen molar-refractivity contribution >= 4 is 12.0 Å². The molecule has 0 spiro atoms. The second kappa shape index (κ2) is 13.8. The Morgan fingerprint density at radius 2 is 1.78 bits per heavy atom. The molecule has 3 rings (SSSR count). The molecule has 2 atom stereocenters. The minimum atomic E-state index is -1.05. The first kappa shape index (κ1) is 32.5. The summed E-state index contributed by atoms with van der Waals surface area (Å²) >= 11 is 0. The molecule has 0 bridgehead atoms. The fourth-order valence-electron chi connectivity index (χ4n) is 5.22. The van der Waals surface area contributed by atoms with Gasteiger partial charge in [-0.15, -0.1) is 5.10 Å². The van der Waals surface area contributed by atoms with E-state index < -0.39 is 17.3 Å². The lowest BCUT2D eigenvalue weighted by atomic mass is 9.81. The lowest BCUT2D eigenvalue weighted by Gasteiger charge is -2.46.